The van der Waals surface area contributed by atoms with E-state index >= 15 is 0 Å². The molecular weight excluding hydrogens is 220 g/mol. The van der Waals surface area contributed by atoms with Crippen molar-refractivity contribution in [2.75, 3.05) is 19.0 Å². The molecule has 0 unspecified atom stereocenters. The summed E-state index contributed by atoms with van der Waals surface area (Å²) in [5.74, 6) is 0. The monoisotopic (exact) mass is 238 g/mol. The minimum Gasteiger partial charge on any atom is -0.383 e. The van der Waals surface area contributed by atoms with Crippen LogP contribution in [0.15, 0.2) is 18.2 Å². The third-order valence-corrected chi connectivity index (χ3v) is 2.44. The number of hydrogen-bond acceptors (Lipinski definition) is 4. The number of rotatable bonds is 7. The summed E-state index contributed by atoms with van der Waals surface area (Å²) in [6, 6.07) is 4.99. The Balaban J connectivity index is 2.66. The molecule has 1 N–H and O–H groups in total. The summed E-state index contributed by atoms with van der Waals surface area (Å²) < 4.78 is 5.46. The van der Waals surface area contributed by atoms with Crippen LogP contribution < -0.4 is 5.32 Å². The predicted molar refractivity (Wildman–Crippen MR) is 67.2 cm³/mol. The average Bonchev–Trinajstić information content (AvgIpc) is 2.34. The Labute approximate surface area is 101 Å². The quantitative estimate of drug-likeness (QED) is 0.450. The average molecular weight is 238 g/mol. The standard InChI is InChI=1S/C12H18N2O3/c1-3-4-7-17-9-10-5-6-12(14(15)16)11(8-10)13-2/h5-6,8,13H,3-4,7,9H2,1-2H3. The molecule has 0 aliphatic heterocycles. The zero-order valence-electron chi connectivity index (χ0n) is 10.2. The molecule has 17 heavy (non-hydrogen) atoms. The van der Waals surface area contributed by atoms with Crippen LogP contribution >= 0.6 is 0 Å². The zero-order valence-corrected chi connectivity index (χ0v) is 10.2. The van der Waals surface area contributed by atoms with Crippen molar-refractivity contribution in [3.63, 3.8) is 0 Å². The lowest BCUT2D eigenvalue weighted by molar-refractivity contribution is -0.384. The van der Waals surface area contributed by atoms with Crippen LogP contribution in [-0.4, -0.2) is 18.6 Å². The number of nitro groups is 1. The number of unbranched alkanes of at least 4 members (excludes halogenated alkanes) is 1. The first-order chi connectivity index (χ1) is 8.19. The molecule has 0 aromatic heterocycles. The van der Waals surface area contributed by atoms with Gasteiger partial charge in [0.2, 0.25) is 0 Å². The topological polar surface area (TPSA) is 64.4 Å². The third-order valence-electron chi connectivity index (χ3n) is 2.44. The second-order valence-electron chi connectivity index (χ2n) is 3.76. The maximum absolute atomic E-state index is 10.7. The molecule has 0 radical (unpaired) electrons. The second kappa shape index (κ2) is 6.85. The van der Waals surface area contributed by atoms with Gasteiger partial charge in [0.05, 0.1) is 11.5 Å². The molecule has 0 amide bonds. The smallest absolute Gasteiger partial charge is 0.292 e. The first-order valence-corrected chi connectivity index (χ1v) is 5.71. The van der Waals surface area contributed by atoms with Gasteiger partial charge < -0.3 is 10.1 Å². The van der Waals surface area contributed by atoms with Crippen LogP contribution in [0.3, 0.4) is 0 Å². The van der Waals surface area contributed by atoms with E-state index in [9.17, 15) is 10.1 Å². The van der Waals surface area contributed by atoms with E-state index in [-0.39, 0.29) is 5.69 Å². The molecule has 0 bridgehead atoms. The number of ether oxygens (including phenoxy) is 1. The molecule has 0 aliphatic carbocycles. The Morgan fingerprint density at radius 3 is 2.82 bits per heavy atom. The van der Waals surface area contributed by atoms with Gasteiger partial charge in [0.1, 0.15) is 5.69 Å². The molecule has 94 valence electrons. The molecule has 1 aromatic carbocycles. The van der Waals surface area contributed by atoms with Gasteiger partial charge in [-0.1, -0.05) is 13.3 Å². The summed E-state index contributed by atoms with van der Waals surface area (Å²) in [6.07, 6.45) is 2.13. The molecule has 0 heterocycles. The van der Waals surface area contributed by atoms with Crippen LogP contribution in [0.1, 0.15) is 25.3 Å². The fraction of sp³-hybridized carbons (Fsp3) is 0.500. The number of nitrogens with one attached hydrogen (secondary N) is 1. The van der Waals surface area contributed by atoms with Crippen molar-refractivity contribution >= 4 is 11.4 Å². The highest BCUT2D eigenvalue weighted by molar-refractivity contribution is 5.62. The molecule has 1 rings (SSSR count). The van der Waals surface area contributed by atoms with Crippen molar-refractivity contribution in [3.8, 4) is 0 Å². The van der Waals surface area contributed by atoms with Crippen molar-refractivity contribution in [1.29, 1.82) is 0 Å². The van der Waals surface area contributed by atoms with E-state index in [2.05, 4.69) is 12.2 Å². The highest BCUT2D eigenvalue weighted by Crippen LogP contribution is 2.25. The van der Waals surface area contributed by atoms with Gasteiger partial charge in [-0.3, -0.25) is 10.1 Å². The molecule has 0 fully saturated rings. The normalized spacial score (nSPS) is 10.2. The van der Waals surface area contributed by atoms with E-state index in [0.717, 1.165) is 25.0 Å². The highest BCUT2D eigenvalue weighted by Gasteiger charge is 2.12. The van der Waals surface area contributed by atoms with Crippen LogP contribution in [0.4, 0.5) is 11.4 Å². The van der Waals surface area contributed by atoms with E-state index in [0.29, 0.717) is 12.3 Å². The minimum absolute atomic E-state index is 0.0878. The first-order valence-electron chi connectivity index (χ1n) is 5.71. The van der Waals surface area contributed by atoms with E-state index in [1.54, 1.807) is 19.2 Å². The van der Waals surface area contributed by atoms with E-state index in [4.69, 9.17) is 4.74 Å². The van der Waals surface area contributed by atoms with Gasteiger partial charge >= 0.3 is 0 Å². The van der Waals surface area contributed by atoms with Crippen LogP contribution in [0.5, 0.6) is 0 Å². The number of nitrogens with zero attached hydrogens (tertiary/aromatic N) is 1. The van der Waals surface area contributed by atoms with E-state index in [1.807, 2.05) is 0 Å². The molecule has 0 atom stereocenters. The highest BCUT2D eigenvalue weighted by atomic mass is 16.6. The fourth-order valence-electron chi connectivity index (χ4n) is 1.47. The number of hydrogen-bond donors (Lipinski definition) is 1. The molecule has 5 heteroatoms. The van der Waals surface area contributed by atoms with Gasteiger partial charge in [0, 0.05) is 19.7 Å². The molecule has 0 aliphatic rings. The van der Waals surface area contributed by atoms with Crippen LogP contribution in [0, 0.1) is 10.1 Å². The van der Waals surface area contributed by atoms with Crippen molar-refractivity contribution in [2.24, 2.45) is 0 Å². The van der Waals surface area contributed by atoms with Crippen LogP contribution in [0.25, 0.3) is 0 Å². The Hall–Kier alpha value is -1.62. The summed E-state index contributed by atoms with van der Waals surface area (Å²) in [6.45, 7) is 3.32. The molecule has 0 saturated carbocycles. The summed E-state index contributed by atoms with van der Waals surface area (Å²) in [4.78, 5) is 10.3. The molecule has 5 nitrogen and oxygen atoms in total. The minimum atomic E-state index is -0.395. The lowest BCUT2D eigenvalue weighted by Gasteiger charge is -2.06. The maximum Gasteiger partial charge on any atom is 0.292 e. The zero-order chi connectivity index (χ0) is 12.7. The second-order valence-corrected chi connectivity index (χ2v) is 3.76. The largest absolute Gasteiger partial charge is 0.383 e. The first kappa shape index (κ1) is 13.4. The SMILES string of the molecule is CCCCOCc1ccc([N+](=O)[O-])c(NC)c1. The summed E-state index contributed by atoms with van der Waals surface area (Å²) in [5, 5.41) is 13.5. The Morgan fingerprint density at radius 1 is 1.47 bits per heavy atom. The van der Waals surface area contributed by atoms with Gasteiger partial charge in [-0.2, -0.15) is 0 Å². The lowest BCUT2D eigenvalue weighted by Crippen LogP contribution is -2.00. The van der Waals surface area contributed by atoms with E-state index < -0.39 is 4.92 Å². The number of anilines is 1. The van der Waals surface area contributed by atoms with Gasteiger partial charge in [0.15, 0.2) is 0 Å². The Bertz CT molecular complexity index is 380. The predicted octanol–water partition coefficient (Wildman–Crippen LogP) is 2.95. The van der Waals surface area contributed by atoms with Crippen LogP contribution in [-0.2, 0) is 11.3 Å². The van der Waals surface area contributed by atoms with Crippen LogP contribution in [0.2, 0.25) is 0 Å². The van der Waals surface area contributed by atoms with Crippen molar-refractivity contribution in [2.45, 2.75) is 26.4 Å². The van der Waals surface area contributed by atoms with Crippen molar-refractivity contribution in [1.82, 2.24) is 0 Å². The fourth-order valence-corrected chi connectivity index (χ4v) is 1.47. The van der Waals surface area contributed by atoms with E-state index in [1.165, 1.54) is 6.07 Å². The van der Waals surface area contributed by atoms with Gasteiger partial charge in [-0.05, 0) is 24.1 Å². The third kappa shape index (κ3) is 4.03. The van der Waals surface area contributed by atoms with Gasteiger partial charge in [-0.25, -0.2) is 0 Å². The summed E-state index contributed by atoms with van der Waals surface area (Å²) >= 11 is 0. The summed E-state index contributed by atoms with van der Waals surface area (Å²) in [5.41, 5.74) is 1.55. The molecule has 1 aromatic rings. The number of nitro benzene ring substituents is 1. The number of benzene rings is 1. The molecule has 0 spiro atoms. The Kier molecular flexibility index (Phi) is 5.42. The lowest BCUT2D eigenvalue weighted by atomic mass is 10.2. The molecular formula is C12H18N2O3. The van der Waals surface area contributed by atoms with Gasteiger partial charge in [-0.15, -0.1) is 0 Å². The van der Waals surface area contributed by atoms with Gasteiger partial charge in [0.25, 0.3) is 5.69 Å². The summed E-state index contributed by atoms with van der Waals surface area (Å²) in [7, 11) is 1.67. The Morgan fingerprint density at radius 2 is 2.24 bits per heavy atom. The molecule has 0 saturated heterocycles. The van der Waals surface area contributed by atoms with Crippen molar-refractivity contribution < 1.29 is 9.66 Å². The maximum atomic E-state index is 10.7. The van der Waals surface area contributed by atoms with Crippen molar-refractivity contribution in [3.05, 3.63) is 33.9 Å².